The van der Waals surface area contributed by atoms with Crippen molar-refractivity contribution in [1.82, 2.24) is 15.0 Å². The van der Waals surface area contributed by atoms with Crippen molar-refractivity contribution in [3.8, 4) is 5.75 Å². The predicted molar refractivity (Wildman–Crippen MR) is 192 cm³/mol. The quantitative estimate of drug-likeness (QED) is 0.0544. The van der Waals surface area contributed by atoms with Gasteiger partial charge in [-0.15, -0.1) is 0 Å². The van der Waals surface area contributed by atoms with Crippen molar-refractivity contribution in [3.63, 3.8) is 0 Å². The second kappa shape index (κ2) is 23.7. The molecule has 0 aliphatic rings. The SMILES string of the molecule is COCCOCCOCCNc1nc(NCCOCCOCCCC(=O)c2ccccc2)nc(Nc2ccc(OCc3ccccc3)cc2)n1. The lowest BCUT2D eigenvalue weighted by Gasteiger charge is -2.12. The molecule has 0 bridgehead atoms. The largest absolute Gasteiger partial charge is 0.489 e. The first-order chi connectivity index (χ1) is 24.7. The molecule has 0 saturated heterocycles. The van der Waals surface area contributed by atoms with E-state index < -0.39 is 0 Å². The first-order valence-electron chi connectivity index (χ1n) is 16.9. The van der Waals surface area contributed by atoms with Crippen LogP contribution in [0.4, 0.5) is 23.5 Å². The van der Waals surface area contributed by atoms with E-state index >= 15 is 0 Å². The minimum Gasteiger partial charge on any atom is -0.489 e. The lowest BCUT2D eigenvalue weighted by Crippen LogP contribution is -2.18. The first kappa shape index (κ1) is 38.1. The molecule has 0 spiro atoms. The summed E-state index contributed by atoms with van der Waals surface area (Å²) in [6.45, 7) is 5.81. The molecule has 3 aromatic carbocycles. The van der Waals surface area contributed by atoms with Crippen LogP contribution in [0.5, 0.6) is 5.75 Å². The zero-order valence-electron chi connectivity index (χ0n) is 28.7. The summed E-state index contributed by atoms with van der Waals surface area (Å²) in [5.41, 5.74) is 2.63. The Kier molecular flexibility index (Phi) is 18.0. The minimum atomic E-state index is 0.126. The fraction of sp³-hybridized carbons (Fsp3) is 0.405. The summed E-state index contributed by atoms with van der Waals surface area (Å²) in [7, 11) is 1.64. The van der Waals surface area contributed by atoms with Gasteiger partial charge < -0.3 is 44.4 Å². The Labute approximate surface area is 294 Å². The standard InChI is InChI=1S/C37H48N6O7/c1-45-23-24-49-28-27-48-22-19-39-36-41-35(38-18-21-47-26-25-46-20-8-13-34(44)31-11-6-3-7-12-31)42-37(43-36)40-32-14-16-33(17-15-32)50-29-30-9-4-2-5-10-30/h2-7,9-12,14-17H,8,13,18-29H2,1H3,(H3,38,39,40,41,42,43). The van der Waals surface area contributed by atoms with Crippen LogP contribution in [0.15, 0.2) is 84.9 Å². The highest BCUT2D eigenvalue weighted by Gasteiger charge is 2.08. The Balaban J connectivity index is 1.19. The van der Waals surface area contributed by atoms with Gasteiger partial charge in [-0.25, -0.2) is 0 Å². The van der Waals surface area contributed by atoms with Crippen molar-refractivity contribution < 1.29 is 33.2 Å². The summed E-state index contributed by atoms with van der Waals surface area (Å²) >= 11 is 0. The number of carbonyl (C=O) groups excluding carboxylic acids is 1. The molecule has 4 rings (SSSR count). The van der Waals surface area contributed by atoms with Crippen LogP contribution in [0.3, 0.4) is 0 Å². The number of hydrogen-bond donors (Lipinski definition) is 3. The average molecular weight is 689 g/mol. The van der Waals surface area contributed by atoms with Gasteiger partial charge in [-0.2, -0.15) is 15.0 Å². The number of nitrogens with one attached hydrogen (secondary N) is 3. The van der Waals surface area contributed by atoms with Crippen LogP contribution in [0.2, 0.25) is 0 Å². The van der Waals surface area contributed by atoms with Crippen LogP contribution in [0.1, 0.15) is 28.8 Å². The van der Waals surface area contributed by atoms with Gasteiger partial charge in [-0.3, -0.25) is 4.79 Å². The summed E-state index contributed by atoms with van der Waals surface area (Å²) in [4.78, 5) is 25.8. The Morgan fingerprint density at radius 1 is 0.600 bits per heavy atom. The molecule has 13 heteroatoms. The van der Waals surface area contributed by atoms with Crippen molar-refractivity contribution in [3.05, 3.63) is 96.1 Å². The number of anilines is 4. The zero-order valence-corrected chi connectivity index (χ0v) is 28.7. The third-order valence-corrected chi connectivity index (χ3v) is 7.02. The van der Waals surface area contributed by atoms with Gasteiger partial charge in [0.15, 0.2) is 5.78 Å². The van der Waals surface area contributed by atoms with E-state index in [-0.39, 0.29) is 5.78 Å². The van der Waals surface area contributed by atoms with Crippen LogP contribution in [0, 0.1) is 0 Å². The van der Waals surface area contributed by atoms with E-state index in [2.05, 4.69) is 30.9 Å². The Morgan fingerprint density at radius 3 is 1.76 bits per heavy atom. The average Bonchev–Trinajstić information content (AvgIpc) is 3.15. The smallest absolute Gasteiger partial charge is 0.233 e. The first-order valence-corrected chi connectivity index (χ1v) is 16.9. The number of ketones is 1. The molecule has 13 nitrogen and oxygen atoms in total. The highest BCUT2D eigenvalue weighted by Crippen LogP contribution is 2.20. The fourth-order valence-corrected chi connectivity index (χ4v) is 4.45. The maximum Gasteiger partial charge on any atom is 0.233 e. The highest BCUT2D eigenvalue weighted by molar-refractivity contribution is 5.95. The number of rotatable bonds is 27. The number of aromatic nitrogens is 3. The molecule has 0 amide bonds. The summed E-state index contributed by atoms with van der Waals surface area (Å²) in [5.74, 6) is 2.04. The van der Waals surface area contributed by atoms with Gasteiger partial charge in [0.2, 0.25) is 17.8 Å². The molecule has 0 saturated carbocycles. The van der Waals surface area contributed by atoms with E-state index in [1.54, 1.807) is 7.11 Å². The van der Waals surface area contributed by atoms with Gasteiger partial charge in [0, 0.05) is 44.5 Å². The molecule has 0 aliphatic carbocycles. The molecule has 0 aliphatic heterocycles. The minimum absolute atomic E-state index is 0.126. The number of ether oxygens (including phenoxy) is 6. The molecule has 268 valence electrons. The summed E-state index contributed by atoms with van der Waals surface area (Å²) in [5, 5.41) is 9.65. The molecular weight excluding hydrogens is 640 g/mol. The summed E-state index contributed by atoms with van der Waals surface area (Å²) in [6.07, 6.45) is 1.13. The van der Waals surface area contributed by atoms with Crippen molar-refractivity contribution in [2.75, 3.05) is 95.6 Å². The Morgan fingerprint density at radius 2 is 1.14 bits per heavy atom. The molecule has 4 aromatic rings. The van der Waals surface area contributed by atoms with Crippen molar-refractivity contribution >= 4 is 29.3 Å². The molecule has 3 N–H and O–H groups in total. The van der Waals surface area contributed by atoms with Gasteiger partial charge in [0.25, 0.3) is 0 Å². The number of benzene rings is 3. The van der Waals surface area contributed by atoms with Crippen LogP contribution >= 0.6 is 0 Å². The summed E-state index contributed by atoms with van der Waals surface area (Å²) in [6, 6.07) is 26.9. The van der Waals surface area contributed by atoms with E-state index in [4.69, 9.17) is 28.4 Å². The third kappa shape index (κ3) is 15.7. The molecule has 1 aromatic heterocycles. The number of Topliss-reactive ketones (excluding diaryl/α,β-unsaturated/α-hetero) is 1. The lowest BCUT2D eigenvalue weighted by molar-refractivity contribution is 0.0272. The molecule has 0 fully saturated rings. The third-order valence-electron chi connectivity index (χ3n) is 7.02. The number of nitrogens with zero attached hydrogens (tertiary/aromatic N) is 3. The van der Waals surface area contributed by atoms with Crippen molar-refractivity contribution in [2.45, 2.75) is 19.4 Å². The van der Waals surface area contributed by atoms with Crippen LogP contribution in [-0.4, -0.2) is 100 Å². The lowest BCUT2D eigenvalue weighted by atomic mass is 10.1. The van der Waals surface area contributed by atoms with Gasteiger partial charge >= 0.3 is 0 Å². The highest BCUT2D eigenvalue weighted by atomic mass is 16.5. The van der Waals surface area contributed by atoms with E-state index in [1.165, 1.54) is 0 Å². The normalized spacial score (nSPS) is 10.9. The van der Waals surface area contributed by atoms with Gasteiger partial charge in [-0.05, 0) is 36.2 Å². The van der Waals surface area contributed by atoms with Crippen LogP contribution < -0.4 is 20.7 Å². The van der Waals surface area contributed by atoms with Crippen molar-refractivity contribution in [2.24, 2.45) is 0 Å². The molecular formula is C37H48N6O7. The monoisotopic (exact) mass is 688 g/mol. The second-order valence-corrected chi connectivity index (χ2v) is 10.9. The van der Waals surface area contributed by atoms with E-state index in [0.29, 0.717) is 110 Å². The zero-order chi connectivity index (χ0) is 34.9. The predicted octanol–water partition coefficient (Wildman–Crippen LogP) is 5.39. The number of hydrogen-bond acceptors (Lipinski definition) is 13. The van der Waals surface area contributed by atoms with Crippen LogP contribution in [-0.2, 0) is 30.3 Å². The number of carbonyl (C=O) groups is 1. The van der Waals surface area contributed by atoms with Crippen LogP contribution in [0.25, 0.3) is 0 Å². The number of methoxy groups -OCH3 is 1. The maximum absolute atomic E-state index is 12.2. The molecule has 1 heterocycles. The molecule has 0 atom stereocenters. The molecule has 0 unspecified atom stereocenters. The maximum atomic E-state index is 12.2. The van der Waals surface area contributed by atoms with E-state index in [1.807, 2.05) is 84.9 Å². The molecule has 50 heavy (non-hydrogen) atoms. The van der Waals surface area contributed by atoms with Gasteiger partial charge in [0.1, 0.15) is 12.4 Å². The van der Waals surface area contributed by atoms with Gasteiger partial charge in [-0.1, -0.05) is 60.7 Å². The Bertz CT molecular complexity index is 1480. The fourth-order valence-electron chi connectivity index (χ4n) is 4.45. The second-order valence-electron chi connectivity index (χ2n) is 10.9. The van der Waals surface area contributed by atoms with Crippen molar-refractivity contribution in [1.29, 1.82) is 0 Å². The van der Waals surface area contributed by atoms with E-state index in [0.717, 1.165) is 22.6 Å². The summed E-state index contributed by atoms with van der Waals surface area (Å²) < 4.78 is 33.2. The molecule has 0 radical (unpaired) electrons. The van der Waals surface area contributed by atoms with E-state index in [9.17, 15) is 4.79 Å². The Hall–Kier alpha value is -4.66. The van der Waals surface area contributed by atoms with Gasteiger partial charge in [0.05, 0.1) is 52.9 Å². The topological polar surface area (TPSA) is 147 Å².